The number of hydrogen-bond acceptors (Lipinski definition) is 3. The molecule has 0 atom stereocenters. The summed E-state index contributed by atoms with van der Waals surface area (Å²) in [4.78, 5) is 23.4. The van der Waals surface area contributed by atoms with Crippen molar-refractivity contribution >= 4 is 17.9 Å². The fourth-order valence-corrected chi connectivity index (χ4v) is 1.69. The Morgan fingerprint density at radius 2 is 1.62 bits per heavy atom. The zero-order valence-corrected chi connectivity index (χ0v) is 11.1. The Hall–Kier alpha value is -3.08. The highest BCUT2D eigenvalue weighted by atomic mass is 16.3. The highest BCUT2D eigenvalue weighted by molar-refractivity contribution is 6.04. The number of benzene rings is 2. The van der Waals surface area contributed by atoms with Crippen LogP contribution in [0.2, 0.25) is 0 Å². The first kappa shape index (κ1) is 14.3. The van der Waals surface area contributed by atoms with Crippen molar-refractivity contribution in [3.05, 3.63) is 71.4 Å². The van der Waals surface area contributed by atoms with Gasteiger partial charge in [0.25, 0.3) is 11.8 Å². The lowest BCUT2D eigenvalue weighted by molar-refractivity contribution is -0.114. The molecule has 4 N–H and O–H groups in total. The maximum atomic E-state index is 12.0. The zero-order chi connectivity index (χ0) is 15.2. The highest BCUT2D eigenvalue weighted by Crippen LogP contribution is 2.12. The number of phenols is 1. The summed E-state index contributed by atoms with van der Waals surface area (Å²) in [5.41, 5.74) is 6.31. The van der Waals surface area contributed by atoms with Gasteiger partial charge in [-0.1, -0.05) is 30.3 Å². The molecule has 0 aliphatic rings. The minimum Gasteiger partial charge on any atom is -0.508 e. The molecule has 0 saturated heterocycles. The lowest BCUT2D eigenvalue weighted by Gasteiger charge is -2.07. The van der Waals surface area contributed by atoms with Gasteiger partial charge in [0, 0.05) is 5.56 Å². The van der Waals surface area contributed by atoms with Gasteiger partial charge in [-0.2, -0.15) is 0 Å². The van der Waals surface area contributed by atoms with Crippen molar-refractivity contribution in [2.45, 2.75) is 0 Å². The summed E-state index contributed by atoms with van der Waals surface area (Å²) in [7, 11) is 0. The third kappa shape index (κ3) is 3.94. The summed E-state index contributed by atoms with van der Waals surface area (Å²) in [5.74, 6) is -1.05. The van der Waals surface area contributed by atoms with Crippen LogP contribution in [0.3, 0.4) is 0 Å². The van der Waals surface area contributed by atoms with Crippen molar-refractivity contribution in [3.63, 3.8) is 0 Å². The average Bonchev–Trinajstić information content (AvgIpc) is 2.49. The molecular formula is C16H14N2O3. The van der Waals surface area contributed by atoms with Gasteiger partial charge in [-0.3, -0.25) is 9.59 Å². The number of aromatic hydroxyl groups is 1. The molecule has 0 heterocycles. The van der Waals surface area contributed by atoms with Crippen LogP contribution in [0.5, 0.6) is 5.75 Å². The van der Waals surface area contributed by atoms with Crippen LogP contribution in [0.1, 0.15) is 15.9 Å². The Morgan fingerprint density at radius 1 is 1.00 bits per heavy atom. The Kier molecular flexibility index (Phi) is 4.36. The summed E-state index contributed by atoms with van der Waals surface area (Å²) in [6, 6.07) is 14.7. The molecule has 0 aliphatic heterocycles. The van der Waals surface area contributed by atoms with Crippen LogP contribution in [0.4, 0.5) is 0 Å². The smallest absolute Gasteiger partial charge is 0.265 e. The summed E-state index contributed by atoms with van der Waals surface area (Å²) < 4.78 is 0. The molecular weight excluding hydrogens is 268 g/mol. The second-order valence-electron chi connectivity index (χ2n) is 4.33. The minimum absolute atomic E-state index is 0.0189. The van der Waals surface area contributed by atoms with Crippen molar-refractivity contribution in [2.75, 3.05) is 0 Å². The standard InChI is InChI=1S/C16H14N2O3/c17-15(20)14(10-11-6-8-13(19)9-7-11)18-16(21)12-4-2-1-3-5-12/h1-10,19H,(H2,17,20)(H,18,21)/b14-10-. The number of phenolic OH excluding ortho intramolecular Hbond substituents is 1. The van der Waals surface area contributed by atoms with Gasteiger partial charge in [0.2, 0.25) is 0 Å². The molecule has 2 amide bonds. The summed E-state index contributed by atoms with van der Waals surface area (Å²) in [6.07, 6.45) is 1.45. The van der Waals surface area contributed by atoms with Crippen molar-refractivity contribution < 1.29 is 14.7 Å². The van der Waals surface area contributed by atoms with Crippen LogP contribution in [-0.4, -0.2) is 16.9 Å². The van der Waals surface area contributed by atoms with E-state index in [0.29, 0.717) is 11.1 Å². The average molecular weight is 282 g/mol. The molecule has 2 aromatic carbocycles. The zero-order valence-electron chi connectivity index (χ0n) is 11.1. The van der Waals surface area contributed by atoms with Gasteiger partial charge in [-0.05, 0) is 35.9 Å². The van der Waals surface area contributed by atoms with E-state index in [0.717, 1.165) is 0 Å². The lowest BCUT2D eigenvalue weighted by Crippen LogP contribution is -2.31. The molecule has 2 aromatic rings. The fraction of sp³-hybridized carbons (Fsp3) is 0. The van der Waals surface area contributed by atoms with E-state index >= 15 is 0 Å². The van der Waals surface area contributed by atoms with Crippen LogP contribution in [0, 0.1) is 0 Å². The van der Waals surface area contributed by atoms with Crippen molar-refractivity contribution in [3.8, 4) is 5.75 Å². The molecule has 5 heteroatoms. The largest absolute Gasteiger partial charge is 0.508 e. The van der Waals surface area contributed by atoms with Gasteiger partial charge in [0.1, 0.15) is 11.4 Å². The van der Waals surface area contributed by atoms with E-state index in [-0.39, 0.29) is 11.4 Å². The first-order valence-electron chi connectivity index (χ1n) is 6.23. The van der Waals surface area contributed by atoms with Crippen LogP contribution in [-0.2, 0) is 4.79 Å². The SMILES string of the molecule is NC(=O)/C(=C/c1ccc(O)cc1)NC(=O)c1ccccc1. The molecule has 106 valence electrons. The van der Waals surface area contributed by atoms with Crippen molar-refractivity contribution in [1.29, 1.82) is 0 Å². The molecule has 0 unspecified atom stereocenters. The van der Waals surface area contributed by atoms with Crippen molar-refractivity contribution in [1.82, 2.24) is 5.32 Å². The maximum absolute atomic E-state index is 12.0. The van der Waals surface area contributed by atoms with E-state index in [4.69, 9.17) is 5.73 Å². The van der Waals surface area contributed by atoms with E-state index in [1.807, 2.05) is 0 Å². The lowest BCUT2D eigenvalue weighted by atomic mass is 10.1. The molecule has 2 rings (SSSR count). The van der Waals surface area contributed by atoms with E-state index in [9.17, 15) is 14.7 Å². The van der Waals surface area contributed by atoms with E-state index in [1.54, 1.807) is 42.5 Å². The van der Waals surface area contributed by atoms with Crippen molar-refractivity contribution in [2.24, 2.45) is 5.73 Å². The normalized spacial score (nSPS) is 11.0. The van der Waals surface area contributed by atoms with Gasteiger partial charge in [0.05, 0.1) is 0 Å². The Balaban J connectivity index is 2.22. The predicted octanol–water partition coefficient (Wildman–Crippen LogP) is 1.65. The topological polar surface area (TPSA) is 92.4 Å². The number of amides is 2. The van der Waals surface area contributed by atoms with E-state index < -0.39 is 11.8 Å². The molecule has 5 nitrogen and oxygen atoms in total. The maximum Gasteiger partial charge on any atom is 0.265 e. The molecule has 0 radical (unpaired) electrons. The number of carbonyl (C=O) groups excluding carboxylic acids is 2. The molecule has 0 fully saturated rings. The second kappa shape index (κ2) is 6.38. The van der Waals surface area contributed by atoms with Gasteiger partial charge in [-0.25, -0.2) is 0 Å². The van der Waals surface area contributed by atoms with Crippen LogP contribution in [0.15, 0.2) is 60.3 Å². The molecule has 21 heavy (non-hydrogen) atoms. The number of nitrogens with one attached hydrogen (secondary N) is 1. The number of rotatable bonds is 4. The third-order valence-corrected chi connectivity index (χ3v) is 2.75. The number of hydrogen-bond donors (Lipinski definition) is 3. The minimum atomic E-state index is -0.743. The van der Waals surface area contributed by atoms with E-state index in [1.165, 1.54) is 18.2 Å². The molecule has 0 spiro atoms. The Labute approximate surface area is 121 Å². The number of carbonyl (C=O) groups is 2. The molecule has 0 aliphatic carbocycles. The van der Waals surface area contributed by atoms with Crippen LogP contribution < -0.4 is 11.1 Å². The quantitative estimate of drug-likeness (QED) is 0.744. The van der Waals surface area contributed by atoms with Gasteiger partial charge >= 0.3 is 0 Å². The molecule has 0 aromatic heterocycles. The monoisotopic (exact) mass is 282 g/mol. The fourth-order valence-electron chi connectivity index (χ4n) is 1.69. The van der Waals surface area contributed by atoms with Gasteiger partial charge in [-0.15, -0.1) is 0 Å². The number of nitrogens with two attached hydrogens (primary N) is 1. The third-order valence-electron chi connectivity index (χ3n) is 2.75. The van der Waals surface area contributed by atoms with Gasteiger partial charge in [0.15, 0.2) is 0 Å². The molecule has 0 saturated carbocycles. The summed E-state index contributed by atoms with van der Waals surface area (Å²) >= 11 is 0. The Bertz CT molecular complexity index is 676. The Morgan fingerprint density at radius 3 is 2.19 bits per heavy atom. The van der Waals surface area contributed by atoms with Gasteiger partial charge < -0.3 is 16.2 Å². The first-order valence-corrected chi connectivity index (χ1v) is 6.23. The predicted molar refractivity (Wildman–Crippen MR) is 79.2 cm³/mol. The van der Waals surface area contributed by atoms with E-state index in [2.05, 4.69) is 5.32 Å². The van der Waals surface area contributed by atoms with Crippen LogP contribution >= 0.6 is 0 Å². The first-order chi connectivity index (χ1) is 10.1. The number of primary amides is 1. The molecule has 0 bridgehead atoms. The summed E-state index contributed by atoms with van der Waals surface area (Å²) in [6.45, 7) is 0. The highest BCUT2D eigenvalue weighted by Gasteiger charge is 2.11. The van der Waals surface area contributed by atoms with Crippen LogP contribution in [0.25, 0.3) is 6.08 Å². The summed E-state index contributed by atoms with van der Waals surface area (Å²) in [5, 5.41) is 11.7. The second-order valence-corrected chi connectivity index (χ2v) is 4.33.